The van der Waals surface area contributed by atoms with Crippen LogP contribution in [0.2, 0.25) is 24.2 Å². The van der Waals surface area contributed by atoms with Crippen LogP contribution in [-0.4, -0.2) is 50.9 Å². The largest absolute Gasteiger partial charge is 0.306 e. The second-order valence-corrected chi connectivity index (χ2v) is 42.0. The van der Waals surface area contributed by atoms with E-state index in [0.717, 1.165) is 46.8 Å². The summed E-state index contributed by atoms with van der Waals surface area (Å²) in [6.07, 6.45) is 57.5. The van der Waals surface area contributed by atoms with Crippen LogP contribution in [0.25, 0.3) is 42.0 Å². The minimum absolute atomic E-state index is 0.0413. The average molecular weight is 1380 g/mol. The van der Waals surface area contributed by atoms with Crippen LogP contribution in [0.4, 0.5) is 0 Å². The second-order valence-electron chi connectivity index (χ2n) is 29.6. The summed E-state index contributed by atoms with van der Waals surface area (Å²) in [6.45, 7) is 15.4. The molecule has 0 N–H and O–H groups in total. The van der Waals surface area contributed by atoms with Crippen LogP contribution >= 0.6 is 45.3 Å². The highest BCUT2D eigenvalue weighted by Gasteiger charge is 2.52. The molecule has 0 bridgehead atoms. The van der Waals surface area contributed by atoms with Crippen LogP contribution in [0.3, 0.4) is 0 Å². The Morgan fingerprint density at radius 3 is 1.07 bits per heavy atom. The number of thiophene rings is 4. The Hall–Kier alpha value is -3.13. The molecule has 0 unspecified atom stereocenters. The number of carbonyl (C=O) groups excluding carboxylic acids is 2. The van der Waals surface area contributed by atoms with Gasteiger partial charge in [0.05, 0.1) is 32.3 Å². The van der Waals surface area contributed by atoms with E-state index in [1.807, 2.05) is 26.6 Å². The minimum atomic E-state index is -2.25. The molecule has 0 radical (unpaired) electrons. The maximum absolute atomic E-state index is 15.6. The van der Waals surface area contributed by atoms with Gasteiger partial charge in [-0.15, -0.1) is 45.3 Å². The molecule has 8 heterocycles. The third-order valence-corrected chi connectivity index (χ3v) is 37.7. The van der Waals surface area contributed by atoms with Gasteiger partial charge in [-0.25, -0.2) is 0 Å². The van der Waals surface area contributed by atoms with Crippen molar-refractivity contribution < 1.29 is 9.59 Å². The highest BCUT2D eigenvalue weighted by molar-refractivity contribution is 7.27. The van der Waals surface area contributed by atoms with Gasteiger partial charge in [-0.1, -0.05) is 335 Å². The van der Waals surface area contributed by atoms with Crippen molar-refractivity contribution in [2.45, 2.75) is 348 Å². The molecule has 0 saturated heterocycles. The fourth-order valence-electron chi connectivity index (χ4n) is 17.0. The standard InChI is InChI=1S/C84H128N2O2S4Si2/c1-7-13-19-25-31-33-35-37-39-45-56-85-79(70-52-51-58-89-70)77-78(84(85)88)80(86(83(77)87)57-46-40-38-36-34-32-26-20-14-8-2)71-54-53-69(91-71)72-66-76-82(92-72)68-65-74-67(64-75(68)94(76,62-49-43-29-23-17-11-5)63-50-44-30-24-18-12-6)81-73(55-59-90-81)93(74,60-47-41-27-21-15-9-3)61-48-42-28-22-16-10-4/h51-55,58-59,64-66H,7-50,56-57,60-63H2,1-6H3. The normalized spacial score (nSPS) is 15.2. The summed E-state index contributed by atoms with van der Waals surface area (Å²) in [7, 11) is -4.32. The van der Waals surface area contributed by atoms with Crippen molar-refractivity contribution in [3.63, 3.8) is 0 Å². The number of fused-ring (bicyclic) bond motifs is 7. The smallest absolute Gasteiger partial charge is 0.261 e. The molecule has 518 valence electrons. The van der Waals surface area contributed by atoms with Crippen molar-refractivity contribution in [2.75, 3.05) is 13.1 Å². The topological polar surface area (TPSA) is 40.6 Å². The second kappa shape index (κ2) is 40.2. The fourth-order valence-corrected chi connectivity index (χ4v) is 33.7. The minimum Gasteiger partial charge on any atom is -0.306 e. The molecule has 9 rings (SSSR count). The molecule has 4 aliphatic rings. The molecular weight excluding hydrogens is 1250 g/mol. The van der Waals surface area contributed by atoms with Crippen molar-refractivity contribution in [3.05, 3.63) is 80.2 Å². The van der Waals surface area contributed by atoms with Crippen LogP contribution in [-0.2, 0) is 9.59 Å². The monoisotopic (exact) mass is 1380 g/mol. The Labute approximate surface area is 592 Å². The molecule has 4 nitrogen and oxygen atoms in total. The Balaban J connectivity index is 1.10. The van der Waals surface area contributed by atoms with Crippen LogP contribution in [0.15, 0.2) is 70.4 Å². The summed E-state index contributed by atoms with van der Waals surface area (Å²) in [5, 5.41) is 11.8. The predicted molar refractivity (Wildman–Crippen MR) is 424 cm³/mol. The van der Waals surface area contributed by atoms with Gasteiger partial charge in [0.25, 0.3) is 11.8 Å². The van der Waals surface area contributed by atoms with Gasteiger partial charge >= 0.3 is 0 Å². The first kappa shape index (κ1) is 75.1. The average Bonchev–Trinajstić information content (AvgIpc) is 1.54. The van der Waals surface area contributed by atoms with Gasteiger partial charge in [0.15, 0.2) is 0 Å². The SMILES string of the molecule is CCCCCCCCCCCCN1C(=O)C2=C(c3ccc(-c4cc5c(s4)-c4cc6c(cc4[Si]5(CCCCCCCC)CCCCCCCC)-c4sccc4[Si]6(CCCCCCCC)CCCCCCCC)s3)N(CCCCCCCCCCCC)C(=O)C2=C1c1cccs1. The summed E-state index contributed by atoms with van der Waals surface area (Å²) < 4.78 is 0. The zero-order valence-electron chi connectivity index (χ0n) is 60.5. The molecular formula is C84H128N2O2S4Si2. The quantitative estimate of drug-likeness (QED) is 0.0288. The summed E-state index contributed by atoms with van der Waals surface area (Å²) in [5.41, 5.74) is 6.42. The third-order valence-electron chi connectivity index (χ3n) is 22.4. The zero-order chi connectivity index (χ0) is 65.8. The van der Waals surface area contributed by atoms with Gasteiger partial charge in [0, 0.05) is 32.6 Å². The summed E-state index contributed by atoms with van der Waals surface area (Å²) in [5.74, 6) is 0.0826. The van der Waals surface area contributed by atoms with Crippen molar-refractivity contribution in [2.24, 2.45) is 0 Å². The van der Waals surface area contributed by atoms with Gasteiger partial charge in [-0.05, 0) is 104 Å². The number of nitrogens with zero attached hydrogens (tertiary/aromatic N) is 2. The van der Waals surface area contributed by atoms with E-state index >= 15 is 9.59 Å². The fraction of sp³-hybridized carbons (Fsp3) is 0.667. The number of unbranched alkanes of at least 4 members (excludes halogenated alkanes) is 38. The van der Waals surface area contributed by atoms with Gasteiger partial charge in [0.2, 0.25) is 0 Å². The van der Waals surface area contributed by atoms with E-state index in [1.165, 1.54) is 291 Å². The first-order valence-corrected chi connectivity index (χ1v) is 48.2. The number of rotatable bonds is 53. The molecule has 10 heteroatoms. The molecule has 1 aromatic carbocycles. The molecule has 0 fully saturated rings. The van der Waals surface area contributed by atoms with Crippen molar-refractivity contribution >= 4 is 105 Å². The Morgan fingerprint density at radius 2 is 0.670 bits per heavy atom. The molecule has 94 heavy (non-hydrogen) atoms. The van der Waals surface area contributed by atoms with E-state index in [1.54, 1.807) is 42.6 Å². The Morgan fingerprint density at radius 1 is 0.309 bits per heavy atom. The third kappa shape index (κ3) is 18.8. The zero-order valence-corrected chi connectivity index (χ0v) is 65.7. The highest BCUT2D eigenvalue weighted by Crippen LogP contribution is 2.52. The lowest BCUT2D eigenvalue weighted by Crippen LogP contribution is -2.56. The van der Waals surface area contributed by atoms with E-state index in [2.05, 4.69) is 128 Å². The van der Waals surface area contributed by atoms with Gasteiger partial charge in [-0.3, -0.25) is 9.59 Å². The highest BCUT2D eigenvalue weighted by atomic mass is 32.1. The number of amides is 2. The van der Waals surface area contributed by atoms with Crippen LogP contribution in [0.1, 0.15) is 334 Å². The molecule has 5 aromatic rings. The summed E-state index contributed by atoms with van der Waals surface area (Å²) in [6, 6.07) is 25.8. The van der Waals surface area contributed by atoms with E-state index in [0.29, 0.717) is 24.2 Å². The van der Waals surface area contributed by atoms with Gasteiger partial charge < -0.3 is 9.80 Å². The Bertz CT molecular complexity index is 3090. The van der Waals surface area contributed by atoms with Crippen molar-refractivity contribution in [3.8, 4) is 30.6 Å². The molecule has 0 saturated carbocycles. The van der Waals surface area contributed by atoms with Crippen LogP contribution in [0.5, 0.6) is 0 Å². The van der Waals surface area contributed by atoms with Crippen LogP contribution < -0.4 is 20.7 Å². The number of hydrogen-bond acceptors (Lipinski definition) is 6. The Kier molecular flexibility index (Phi) is 32.1. The number of benzene rings is 1. The molecule has 4 aromatic heterocycles. The lowest BCUT2D eigenvalue weighted by atomic mass is 10.1. The van der Waals surface area contributed by atoms with E-state index in [9.17, 15) is 0 Å². The summed E-state index contributed by atoms with van der Waals surface area (Å²) >= 11 is 7.74. The number of carbonyl (C=O) groups is 2. The van der Waals surface area contributed by atoms with Gasteiger partial charge in [0.1, 0.15) is 16.1 Å². The first-order valence-electron chi connectivity index (χ1n) is 40.0. The predicted octanol–water partition coefficient (Wildman–Crippen LogP) is 25.8. The maximum atomic E-state index is 15.6. The van der Waals surface area contributed by atoms with Crippen molar-refractivity contribution in [1.29, 1.82) is 0 Å². The molecule has 2 amide bonds. The van der Waals surface area contributed by atoms with Gasteiger partial charge in [-0.2, -0.15) is 0 Å². The van der Waals surface area contributed by atoms with Crippen molar-refractivity contribution in [1.82, 2.24) is 9.80 Å². The maximum Gasteiger partial charge on any atom is 0.261 e. The molecule has 0 aliphatic carbocycles. The summed E-state index contributed by atoms with van der Waals surface area (Å²) in [4.78, 5) is 43.3. The molecule has 0 atom stereocenters. The van der Waals surface area contributed by atoms with E-state index < -0.39 is 16.1 Å². The first-order chi connectivity index (χ1) is 46.3. The lowest BCUT2D eigenvalue weighted by Gasteiger charge is -2.32. The van der Waals surface area contributed by atoms with E-state index in [-0.39, 0.29) is 11.8 Å². The molecule has 0 spiro atoms. The van der Waals surface area contributed by atoms with Crippen LogP contribution in [0, 0.1) is 0 Å². The van der Waals surface area contributed by atoms with E-state index in [4.69, 9.17) is 0 Å². The number of hydrogen-bond donors (Lipinski definition) is 0. The molecule has 4 aliphatic heterocycles. The lowest BCUT2D eigenvalue weighted by molar-refractivity contribution is -0.124.